The van der Waals surface area contributed by atoms with E-state index in [4.69, 9.17) is 20.8 Å². The SMILES string of the molecule is CCCOc1ccc(C2=C(SCc3ccco3)C(=O)N(c3ccccc3Cl)C2=O)cc1. The predicted molar refractivity (Wildman–Crippen MR) is 123 cm³/mol. The number of thioether (sulfide) groups is 1. The third-order valence-corrected chi connectivity index (χ3v) is 6.11. The van der Waals surface area contributed by atoms with Crippen molar-refractivity contribution in [3.8, 4) is 5.75 Å². The Bertz CT molecular complexity index is 1120. The summed E-state index contributed by atoms with van der Waals surface area (Å²) >= 11 is 7.58. The van der Waals surface area contributed by atoms with Crippen LogP contribution in [0, 0.1) is 0 Å². The van der Waals surface area contributed by atoms with Crippen molar-refractivity contribution in [1.82, 2.24) is 0 Å². The Morgan fingerprint density at radius 1 is 1.00 bits per heavy atom. The van der Waals surface area contributed by atoms with Crippen LogP contribution in [0.5, 0.6) is 5.75 Å². The van der Waals surface area contributed by atoms with Gasteiger partial charge in [-0.2, -0.15) is 0 Å². The highest BCUT2D eigenvalue weighted by molar-refractivity contribution is 8.03. The van der Waals surface area contributed by atoms with E-state index in [1.165, 1.54) is 11.8 Å². The molecule has 1 aromatic heterocycles. The molecule has 0 atom stereocenters. The molecule has 1 aliphatic rings. The highest BCUT2D eigenvalue weighted by Crippen LogP contribution is 2.41. The summed E-state index contributed by atoms with van der Waals surface area (Å²) in [6.07, 6.45) is 2.48. The van der Waals surface area contributed by atoms with Crippen molar-refractivity contribution in [3.63, 3.8) is 0 Å². The maximum atomic E-state index is 13.4. The van der Waals surface area contributed by atoms with Gasteiger partial charge >= 0.3 is 0 Å². The van der Waals surface area contributed by atoms with E-state index in [1.54, 1.807) is 48.7 Å². The topological polar surface area (TPSA) is 59.8 Å². The van der Waals surface area contributed by atoms with Gasteiger partial charge in [-0.3, -0.25) is 9.59 Å². The fourth-order valence-electron chi connectivity index (χ4n) is 3.23. The molecule has 158 valence electrons. The Balaban J connectivity index is 1.71. The van der Waals surface area contributed by atoms with E-state index in [1.807, 2.05) is 25.1 Å². The number of carbonyl (C=O) groups is 2. The average Bonchev–Trinajstić information content (AvgIpc) is 3.38. The first-order valence-electron chi connectivity index (χ1n) is 9.86. The van der Waals surface area contributed by atoms with Gasteiger partial charge in [-0.25, -0.2) is 4.90 Å². The zero-order valence-electron chi connectivity index (χ0n) is 16.8. The lowest BCUT2D eigenvalue weighted by atomic mass is 10.1. The lowest BCUT2D eigenvalue weighted by Crippen LogP contribution is -2.31. The molecule has 1 aliphatic heterocycles. The van der Waals surface area contributed by atoms with Gasteiger partial charge in [0.05, 0.1) is 39.8 Å². The lowest BCUT2D eigenvalue weighted by molar-refractivity contribution is -0.119. The van der Waals surface area contributed by atoms with E-state index in [2.05, 4.69) is 0 Å². The molecule has 0 aliphatic carbocycles. The van der Waals surface area contributed by atoms with Crippen molar-refractivity contribution < 1.29 is 18.7 Å². The second-order valence-electron chi connectivity index (χ2n) is 6.84. The van der Waals surface area contributed by atoms with Gasteiger partial charge in [-0.05, 0) is 48.4 Å². The number of benzene rings is 2. The number of anilines is 1. The summed E-state index contributed by atoms with van der Waals surface area (Å²) in [5.41, 5.74) is 1.37. The van der Waals surface area contributed by atoms with Gasteiger partial charge in [0.15, 0.2) is 0 Å². The number of ether oxygens (including phenoxy) is 1. The van der Waals surface area contributed by atoms with Crippen molar-refractivity contribution >= 4 is 46.4 Å². The van der Waals surface area contributed by atoms with Crippen LogP contribution < -0.4 is 9.64 Å². The molecule has 0 unspecified atom stereocenters. The smallest absolute Gasteiger partial charge is 0.272 e. The first-order chi connectivity index (χ1) is 15.1. The molecule has 0 saturated carbocycles. The van der Waals surface area contributed by atoms with Crippen LogP contribution >= 0.6 is 23.4 Å². The van der Waals surface area contributed by atoms with Gasteiger partial charge in [0.2, 0.25) is 0 Å². The summed E-state index contributed by atoms with van der Waals surface area (Å²) in [4.78, 5) is 28.3. The Kier molecular flexibility index (Phi) is 6.49. The maximum absolute atomic E-state index is 13.4. The number of furan rings is 1. The van der Waals surface area contributed by atoms with E-state index >= 15 is 0 Å². The largest absolute Gasteiger partial charge is 0.494 e. The molecule has 0 N–H and O–H groups in total. The number of carbonyl (C=O) groups excluding carboxylic acids is 2. The third-order valence-electron chi connectivity index (χ3n) is 4.69. The number of nitrogens with zero attached hydrogens (tertiary/aromatic N) is 1. The number of rotatable bonds is 8. The fraction of sp³-hybridized carbons (Fsp3) is 0.167. The first-order valence-corrected chi connectivity index (χ1v) is 11.2. The van der Waals surface area contributed by atoms with E-state index in [0.29, 0.717) is 39.1 Å². The van der Waals surface area contributed by atoms with Crippen molar-refractivity contribution in [2.45, 2.75) is 19.1 Å². The number of imide groups is 1. The Hall–Kier alpha value is -2.96. The molecule has 2 aromatic carbocycles. The van der Waals surface area contributed by atoms with E-state index in [9.17, 15) is 9.59 Å². The normalized spacial score (nSPS) is 13.9. The van der Waals surface area contributed by atoms with Gasteiger partial charge < -0.3 is 9.15 Å². The molecule has 0 fully saturated rings. The number of amides is 2. The molecule has 2 amide bonds. The van der Waals surface area contributed by atoms with E-state index < -0.39 is 11.8 Å². The number of para-hydroxylation sites is 1. The Labute approximate surface area is 189 Å². The van der Waals surface area contributed by atoms with E-state index in [0.717, 1.165) is 22.8 Å². The monoisotopic (exact) mass is 453 g/mol. The van der Waals surface area contributed by atoms with Crippen molar-refractivity contribution in [1.29, 1.82) is 0 Å². The predicted octanol–water partition coefficient (Wildman–Crippen LogP) is 5.94. The summed E-state index contributed by atoms with van der Waals surface area (Å²) in [5.74, 6) is 1.07. The molecule has 4 rings (SSSR count). The van der Waals surface area contributed by atoms with Crippen LogP contribution in [0.25, 0.3) is 5.57 Å². The third kappa shape index (κ3) is 4.40. The van der Waals surface area contributed by atoms with Crippen LogP contribution in [0.15, 0.2) is 76.2 Å². The van der Waals surface area contributed by atoms with Crippen LogP contribution in [-0.2, 0) is 15.3 Å². The summed E-state index contributed by atoms with van der Waals surface area (Å²) in [5, 5.41) is 0.337. The molecule has 5 nitrogen and oxygen atoms in total. The first kappa shape index (κ1) is 21.3. The molecule has 0 spiro atoms. The number of halogens is 1. The van der Waals surface area contributed by atoms with Gasteiger partial charge in [0.25, 0.3) is 11.8 Å². The van der Waals surface area contributed by atoms with Crippen LogP contribution in [0.2, 0.25) is 5.02 Å². The molecular weight excluding hydrogens is 434 g/mol. The highest BCUT2D eigenvalue weighted by atomic mass is 35.5. The van der Waals surface area contributed by atoms with Crippen LogP contribution in [0.1, 0.15) is 24.7 Å². The zero-order chi connectivity index (χ0) is 21.8. The molecule has 7 heteroatoms. The number of hydrogen-bond donors (Lipinski definition) is 0. The lowest BCUT2D eigenvalue weighted by Gasteiger charge is -2.16. The van der Waals surface area contributed by atoms with Crippen LogP contribution in [0.4, 0.5) is 5.69 Å². The summed E-state index contributed by atoms with van der Waals surface area (Å²) in [7, 11) is 0. The summed E-state index contributed by atoms with van der Waals surface area (Å²) in [6, 6.07) is 17.7. The van der Waals surface area contributed by atoms with Crippen molar-refractivity contribution in [3.05, 3.63) is 88.2 Å². The Morgan fingerprint density at radius 2 is 1.77 bits per heavy atom. The standard InChI is InChI=1S/C24H20ClNO4S/c1-2-13-29-17-11-9-16(10-12-17)21-22(31-15-18-6-5-14-30-18)24(28)26(23(21)27)20-8-4-3-7-19(20)25/h3-12,14H,2,13,15H2,1H3. The average molecular weight is 454 g/mol. The van der Waals surface area contributed by atoms with Gasteiger partial charge in [0.1, 0.15) is 11.5 Å². The van der Waals surface area contributed by atoms with Crippen LogP contribution in [0.3, 0.4) is 0 Å². The molecular formula is C24H20ClNO4S. The molecule has 0 saturated heterocycles. The fourth-order valence-corrected chi connectivity index (χ4v) is 4.46. The van der Waals surface area contributed by atoms with Crippen molar-refractivity contribution in [2.24, 2.45) is 0 Å². The maximum Gasteiger partial charge on any atom is 0.272 e. The molecule has 31 heavy (non-hydrogen) atoms. The minimum Gasteiger partial charge on any atom is -0.494 e. The minimum absolute atomic E-state index is 0.337. The quantitative estimate of drug-likeness (QED) is 0.395. The van der Waals surface area contributed by atoms with E-state index in [-0.39, 0.29) is 0 Å². The van der Waals surface area contributed by atoms with Crippen molar-refractivity contribution in [2.75, 3.05) is 11.5 Å². The summed E-state index contributed by atoms with van der Waals surface area (Å²) in [6.45, 7) is 2.65. The minimum atomic E-state index is -0.401. The number of hydrogen-bond acceptors (Lipinski definition) is 5. The second kappa shape index (κ2) is 9.45. The molecule has 0 bridgehead atoms. The van der Waals surface area contributed by atoms with Gasteiger partial charge in [-0.1, -0.05) is 42.8 Å². The van der Waals surface area contributed by atoms with Crippen LogP contribution in [-0.4, -0.2) is 18.4 Å². The molecule has 2 heterocycles. The highest BCUT2D eigenvalue weighted by Gasteiger charge is 2.41. The Morgan fingerprint density at radius 3 is 2.45 bits per heavy atom. The molecule has 3 aromatic rings. The molecule has 0 radical (unpaired) electrons. The zero-order valence-corrected chi connectivity index (χ0v) is 18.4. The van der Waals surface area contributed by atoms with Gasteiger partial charge in [-0.15, -0.1) is 11.8 Å². The second-order valence-corrected chi connectivity index (χ2v) is 8.23. The van der Waals surface area contributed by atoms with Gasteiger partial charge in [0, 0.05) is 0 Å². The summed E-state index contributed by atoms with van der Waals surface area (Å²) < 4.78 is 11.0.